The number of nitrogens with one attached hydrogen (secondary N) is 2. The zero-order valence-corrected chi connectivity index (χ0v) is 25.4. The summed E-state index contributed by atoms with van der Waals surface area (Å²) in [6.07, 6.45) is 0.442. The van der Waals surface area contributed by atoms with Crippen LogP contribution in [0.25, 0.3) is 0 Å². The Bertz CT molecular complexity index is 1340. The third kappa shape index (κ3) is 10.9. The van der Waals surface area contributed by atoms with Gasteiger partial charge < -0.3 is 10.4 Å². The van der Waals surface area contributed by atoms with Gasteiger partial charge >= 0.3 is 5.97 Å². The molecule has 0 aliphatic carbocycles. The third-order valence-electron chi connectivity index (χ3n) is 4.67. The molecule has 0 saturated heterocycles. The second kappa shape index (κ2) is 15.3. The van der Waals surface area contributed by atoms with Gasteiger partial charge in [0.1, 0.15) is 4.21 Å². The van der Waals surface area contributed by atoms with E-state index in [1.807, 2.05) is 6.92 Å². The summed E-state index contributed by atoms with van der Waals surface area (Å²) in [7, 11) is -4.55. The standard InChI is InChI=1S/C22H28N2O8S6/c1-3-33-14-18(25)17(12-20(26)27)24-38(31,32)16-6-4-5-15(11-16)13-35-34-10-9-23-22(28)19-7-8-21(36-19)37(2,29)30/h4-8,11,17,24H,3,9-10,12-14H2,1-2H3,(H,23,28)(H,26,27). The number of carboxylic acid groups (broad SMARTS) is 1. The number of thioether (sulfide) groups is 1. The van der Waals surface area contributed by atoms with E-state index < -0.39 is 44.1 Å². The summed E-state index contributed by atoms with van der Waals surface area (Å²) in [6, 6.07) is 7.69. The van der Waals surface area contributed by atoms with E-state index in [0.29, 0.717) is 34.2 Å². The fraction of sp³-hybridized carbons (Fsp3) is 0.409. The van der Waals surface area contributed by atoms with Gasteiger partial charge in [-0.15, -0.1) is 11.3 Å². The van der Waals surface area contributed by atoms with Crippen molar-refractivity contribution in [3.8, 4) is 0 Å². The van der Waals surface area contributed by atoms with Gasteiger partial charge in [0, 0.05) is 24.3 Å². The summed E-state index contributed by atoms with van der Waals surface area (Å²) in [4.78, 5) is 35.9. The number of carbonyl (C=O) groups is 3. The van der Waals surface area contributed by atoms with Crippen molar-refractivity contribution >= 4 is 82.2 Å². The topological polar surface area (TPSA) is 164 Å². The zero-order valence-electron chi connectivity index (χ0n) is 20.5. The minimum atomic E-state index is -4.12. The number of amides is 1. The first kappa shape index (κ1) is 32.7. The Morgan fingerprint density at radius 1 is 1.08 bits per heavy atom. The molecule has 10 nitrogen and oxygen atoms in total. The first-order valence-electron chi connectivity index (χ1n) is 11.1. The first-order chi connectivity index (χ1) is 17.8. The van der Waals surface area contributed by atoms with Crippen LogP contribution >= 0.6 is 44.7 Å². The molecule has 1 atom stereocenters. The van der Waals surface area contributed by atoms with Crippen LogP contribution in [0.4, 0.5) is 0 Å². The number of thiophene rings is 1. The first-order valence-corrected chi connectivity index (χ1v) is 18.9. The van der Waals surface area contributed by atoms with Gasteiger partial charge in [0.2, 0.25) is 10.0 Å². The lowest BCUT2D eigenvalue weighted by atomic mass is 10.1. The summed E-state index contributed by atoms with van der Waals surface area (Å²) in [5.74, 6) is -0.435. The maximum Gasteiger partial charge on any atom is 0.305 e. The molecule has 2 rings (SSSR count). The van der Waals surface area contributed by atoms with Gasteiger partial charge in [-0.05, 0) is 35.6 Å². The molecule has 1 amide bonds. The fourth-order valence-corrected chi connectivity index (χ4v) is 8.56. The maximum absolute atomic E-state index is 12.9. The lowest BCUT2D eigenvalue weighted by molar-refractivity contribution is -0.139. The Kier molecular flexibility index (Phi) is 13.1. The lowest BCUT2D eigenvalue weighted by Gasteiger charge is -2.16. The van der Waals surface area contributed by atoms with E-state index in [0.717, 1.165) is 17.6 Å². The Balaban J connectivity index is 1.86. The van der Waals surface area contributed by atoms with Crippen molar-refractivity contribution in [2.45, 2.75) is 34.2 Å². The summed E-state index contributed by atoms with van der Waals surface area (Å²) in [5.41, 5.74) is 0.712. The van der Waals surface area contributed by atoms with Crippen molar-refractivity contribution in [3.05, 3.63) is 46.8 Å². The van der Waals surface area contributed by atoms with Crippen LogP contribution < -0.4 is 10.0 Å². The highest BCUT2D eigenvalue weighted by atomic mass is 33.1. The smallest absolute Gasteiger partial charge is 0.305 e. The number of aliphatic carboxylic acids is 1. The molecule has 16 heteroatoms. The molecule has 0 bridgehead atoms. The van der Waals surface area contributed by atoms with Crippen molar-refractivity contribution in [1.29, 1.82) is 0 Å². The minimum Gasteiger partial charge on any atom is -0.481 e. The molecule has 3 N–H and O–H groups in total. The molecule has 0 aliphatic heterocycles. The van der Waals surface area contributed by atoms with E-state index in [2.05, 4.69) is 10.0 Å². The van der Waals surface area contributed by atoms with E-state index in [1.165, 1.54) is 57.6 Å². The number of sulfone groups is 1. The zero-order chi connectivity index (χ0) is 28.3. The number of hydrogen-bond acceptors (Lipinski definition) is 11. The molecule has 2 aromatic rings. The molecule has 0 aliphatic rings. The van der Waals surface area contributed by atoms with Gasteiger partial charge in [-0.25, -0.2) is 21.6 Å². The van der Waals surface area contributed by atoms with Gasteiger partial charge in [0.15, 0.2) is 15.6 Å². The van der Waals surface area contributed by atoms with Gasteiger partial charge in [-0.2, -0.15) is 11.8 Å². The van der Waals surface area contributed by atoms with E-state index in [9.17, 15) is 31.2 Å². The van der Waals surface area contributed by atoms with Crippen LogP contribution in [-0.2, 0) is 35.2 Å². The monoisotopic (exact) mass is 640 g/mol. The molecule has 0 saturated carbocycles. The van der Waals surface area contributed by atoms with E-state index in [4.69, 9.17) is 5.11 Å². The molecule has 210 valence electrons. The lowest BCUT2D eigenvalue weighted by Crippen LogP contribution is -2.43. The Morgan fingerprint density at radius 2 is 1.82 bits per heavy atom. The quantitative estimate of drug-likeness (QED) is 0.172. The molecular formula is C22H28N2O8S6. The van der Waals surface area contributed by atoms with Crippen LogP contribution in [0.3, 0.4) is 0 Å². The second-order valence-corrected chi connectivity index (χ2v) is 16.7. The second-order valence-electron chi connectivity index (χ2n) is 7.75. The highest BCUT2D eigenvalue weighted by molar-refractivity contribution is 8.76. The summed E-state index contributed by atoms with van der Waals surface area (Å²) < 4.78 is 51.2. The molecular weight excluding hydrogens is 613 g/mol. The van der Waals surface area contributed by atoms with Crippen LogP contribution in [0.1, 0.15) is 28.6 Å². The SMILES string of the molecule is CCSCC(=O)C(CC(=O)O)NS(=O)(=O)c1cccc(CSSCCNC(=O)c2ccc(S(C)(=O)=O)s2)c1. The number of Topliss-reactive ketones (excluding diaryl/α,β-unsaturated/α-hetero) is 1. The number of carboxylic acids is 1. The minimum absolute atomic E-state index is 0.0142. The van der Waals surface area contributed by atoms with Gasteiger partial charge in [-0.1, -0.05) is 40.6 Å². The number of rotatable bonds is 17. The van der Waals surface area contributed by atoms with E-state index in [1.54, 1.807) is 12.1 Å². The number of benzene rings is 1. The summed E-state index contributed by atoms with van der Waals surface area (Å²) >= 11 is 2.20. The number of ketones is 1. The van der Waals surface area contributed by atoms with Gasteiger partial charge in [0.25, 0.3) is 5.91 Å². The Hall–Kier alpha value is -1.56. The van der Waals surface area contributed by atoms with Crippen molar-refractivity contribution in [1.82, 2.24) is 10.0 Å². The fourth-order valence-electron chi connectivity index (χ4n) is 2.86. The molecule has 0 radical (unpaired) electrons. The van der Waals surface area contributed by atoms with Gasteiger partial charge in [0.05, 0.1) is 28.0 Å². The van der Waals surface area contributed by atoms with Crippen LogP contribution in [0, 0.1) is 0 Å². The highest BCUT2D eigenvalue weighted by Crippen LogP contribution is 2.27. The van der Waals surface area contributed by atoms with E-state index >= 15 is 0 Å². The molecule has 1 aromatic carbocycles. The molecule has 0 fully saturated rings. The average Bonchev–Trinajstić information content (AvgIpc) is 3.35. The predicted octanol–water partition coefficient (Wildman–Crippen LogP) is 2.91. The van der Waals surface area contributed by atoms with Crippen molar-refractivity contribution in [3.63, 3.8) is 0 Å². The van der Waals surface area contributed by atoms with Crippen LogP contribution in [0.15, 0.2) is 45.5 Å². The summed E-state index contributed by atoms with van der Waals surface area (Å²) in [5, 5.41) is 11.8. The Labute approximate surface area is 238 Å². The largest absolute Gasteiger partial charge is 0.481 e. The van der Waals surface area contributed by atoms with Crippen molar-refractivity contribution < 1.29 is 36.3 Å². The normalized spacial score (nSPS) is 12.7. The van der Waals surface area contributed by atoms with E-state index in [-0.39, 0.29) is 20.8 Å². The van der Waals surface area contributed by atoms with Crippen LogP contribution in [0.2, 0.25) is 0 Å². The summed E-state index contributed by atoms with van der Waals surface area (Å²) in [6.45, 7) is 2.20. The van der Waals surface area contributed by atoms with Crippen molar-refractivity contribution in [2.24, 2.45) is 0 Å². The number of hydrogen-bond donors (Lipinski definition) is 3. The molecule has 1 unspecified atom stereocenters. The molecule has 38 heavy (non-hydrogen) atoms. The third-order valence-corrected chi connectivity index (χ3v) is 12.3. The molecule has 1 aromatic heterocycles. The van der Waals surface area contributed by atoms with Crippen molar-refractivity contribution in [2.75, 3.05) is 30.1 Å². The predicted molar refractivity (Wildman–Crippen MR) is 154 cm³/mol. The molecule has 0 spiro atoms. The van der Waals surface area contributed by atoms with Crippen LogP contribution in [-0.4, -0.2) is 75.7 Å². The average molecular weight is 641 g/mol. The highest BCUT2D eigenvalue weighted by Gasteiger charge is 2.27. The van der Waals surface area contributed by atoms with Gasteiger partial charge in [-0.3, -0.25) is 14.4 Å². The van der Waals surface area contributed by atoms with Crippen LogP contribution in [0.5, 0.6) is 0 Å². The Morgan fingerprint density at radius 3 is 2.45 bits per heavy atom. The molecule has 1 heterocycles. The number of sulfonamides is 1. The maximum atomic E-state index is 12.9. The number of carbonyl (C=O) groups excluding carboxylic acids is 2.